The highest BCUT2D eigenvalue weighted by Crippen LogP contribution is 2.29. The van der Waals surface area contributed by atoms with Gasteiger partial charge in [0.05, 0.1) is 23.7 Å². The van der Waals surface area contributed by atoms with Crippen molar-refractivity contribution in [3.05, 3.63) is 29.8 Å². The molecule has 1 saturated heterocycles. The van der Waals surface area contributed by atoms with Gasteiger partial charge in [-0.2, -0.15) is 0 Å². The van der Waals surface area contributed by atoms with Crippen LogP contribution in [0.3, 0.4) is 0 Å². The van der Waals surface area contributed by atoms with Crippen LogP contribution >= 0.6 is 0 Å². The molecule has 6 heteroatoms. The number of sulfone groups is 1. The molecule has 0 bridgehead atoms. The number of benzene rings is 1. The summed E-state index contributed by atoms with van der Waals surface area (Å²) in [5, 5.41) is -1.11. The third-order valence-corrected chi connectivity index (χ3v) is 7.05. The van der Waals surface area contributed by atoms with Gasteiger partial charge in [-0.15, -0.1) is 0 Å². The number of nitrogens with two attached hydrogens (primary N) is 1. The quantitative estimate of drug-likeness (QED) is 0.894. The van der Waals surface area contributed by atoms with Crippen LogP contribution in [0.5, 0.6) is 5.75 Å². The maximum absolute atomic E-state index is 12.7. The van der Waals surface area contributed by atoms with Crippen molar-refractivity contribution in [1.82, 2.24) is 0 Å². The molecule has 2 N–H and O–H groups in total. The predicted molar refractivity (Wildman–Crippen MR) is 82.1 cm³/mol. The van der Waals surface area contributed by atoms with Crippen molar-refractivity contribution in [1.29, 1.82) is 0 Å². The van der Waals surface area contributed by atoms with Gasteiger partial charge < -0.3 is 15.2 Å². The average molecular weight is 313 g/mol. The Morgan fingerprint density at radius 2 is 1.95 bits per heavy atom. The molecule has 1 aliphatic rings. The third-order valence-electron chi connectivity index (χ3n) is 4.25. The summed E-state index contributed by atoms with van der Waals surface area (Å²) in [6.07, 6.45) is 0.281. The third kappa shape index (κ3) is 3.22. The lowest BCUT2D eigenvalue weighted by molar-refractivity contribution is 0.126. The minimum atomic E-state index is -3.33. The van der Waals surface area contributed by atoms with Gasteiger partial charge in [-0.1, -0.05) is 12.1 Å². The van der Waals surface area contributed by atoms with E-state index >= 15 is 0 Å². The zero-order chi connectivity index (χ0) is 15.6. The lowest BCUT2D eigenvalue weighted by Crippen LogP contribution is -2.40. The Kier molecular flexibility index (Phi) is 4.91. The van der Waals surface area contributed by atoms with Crippen LogP contribution < -0.4 is 10.5 Å². The van der Waals surface area contributed by atoms with Crippen LogP contribution in [0.2, 0.25) is 0 Å². The smallest absolute Gasteiger partial charge is 0.160 e. The zero-order valence-corrected chi connectivity index (χ0v) is 13.5. The van der Waals surface area contributed by atoms with E-state index in [1.165, 1.54) is 0 Å². The molecule has 4 unspecified atom stereocenters. The Bertz CT molecular complexity index is 570. The topological polar surface area (TPSA) is 78.6 Å². The van der Waals surface area contributed by atoms with Gasteiger partial charge in [-0.3, -0.25) is 0 Å². The standard InChI is InChI=1S/C15H23NO4S/c1-10-14(8-9-20-10)21(17,18)11(2)15(16)12-4-6-13(19-3)7-5-12/h4-7,10-11,14-15H,8-9,16H2,1-3H3. The molecule has 0 saturated carbocycles. The van der Waals surface area contributed by atoms with Crippen LogP contribution in [0.15, 0.2) is 24.3 Å². The molecule has 1 heterocycles. The highest BCUT2D eigenvalue weighted by atomic mass is 32.2. The first kappa shape index (κ1) is 16.3. The van der Waals surface area contributed by atoms with Crippen molar-refractivity contribution in [2.75, 3.05) is 13.7 Å². The molecule has 21 heavy (non-hydrogen) atoms. The fraction of sp³-hybridized carbons (Fsp3) is 0.600. The normalized spacial score (nSPS) is 25.5. The summed E-state index contributed by atoms with van der Waals surface area (Å²) in [7, 11) is -1.75. The second-order valence-corrected chi connectivity index (χ2v) is 8.02. The number of hydrogen-bond acceptors (Lipinski definition) is 5. The van der Waals surface area contributed by atoms with Gasteiger partial charge in [-0.05, 0) is 38.0 Å². The number of methoxy groups -OCH3 is 1. The van der Waals surface area contributed by atoms with E-state index in [-0.39, 0.29) is 6.10 Å². The maximum atomic E-state index is 12.7. The molecule has 0 amide bonds. The molecule has 4 atom stereocenters. The Morgan fingerprint density at radius 3 is 2.43 bits per heavy atom. The first-order chi connectivity index (χ1) is 9.87. The molecular formula is C15H23NO4S. The second-order valence-electron chi connectivity index (χ2n) is 5.50. The van der Waals surface area contributed by atoms with Gasteiger partial charge in [0.2, 0.25) is 0 Å². The Labute approximate surface area is 126 Å². The van der Waals surface area contributed by atoms with E-state index in [2.05, 4.69) is 0 Å². The summed E-state index contributed by atoms with van der Waals surface area (Å²) in [4.78, 5) is 0. The highest BCUT2D eigenvalue weighted by molar-refractivity contribution is 7.92. The van der Waals surface area contributed by atoms with Gasteiger partial charge in [-0.25, -0.2) is 8.42 Å². The SMILES string of the molecule is COc1ccc(C(N)C(C)S(=O)(=O)C2CCOC2C)cc1. The Morgan fingerprint density at radius 1 is 1.33 bits per heavy atom. The molecule has 0 spiro atoms. The molecular weight excluding hydrogens is 290 g/mol. The number of rotatable bonds is 5. The molecule has 0 radical (unpaired) electrons. The van der Waals surface area contributed by atoms with E-state index in [9.17, 15) is 8.42 Å². The van der Waals surface area contributed by atoms with Crippen molar-refractivity contribution < 1.29 is 17.9 Å². The maximum Gasteiger partial charge on any atom is 0.160 e. The second kappa shape index (κ2) is 6.34. The molecule has 1 aliphatic heterocycles. The summed E-state index contributed by atoms with van der Waals surface area (Å²) in [6.45, 7) is 3.98. The lowest BCUT2D eigenvalue weighted by atomic mass is 10.1. The van der Waals surface area contributed by atoms with Crippen LogP contribution in [-0.2, 0) is 14.6 Å². The number of ether oxygens (including phenoxy) is 2. The average Bonchev–Trinajstić information content (AvgIpc) is 2.92. The largest absolute Gasteiger partial charge is 0.497 e. The molecule has 118 valence electrons. The molecule has 1 fully saturated rings. The van der Waals surface area contributed by atoms with E-state index < -0.39 is 26.4 Å². The molecule has 0 aromatic heterocycles. The van der Waals surface area contributed by atoms with Crippen molar-refractivity contribution in [2.45, 2.75) is 42.9 Å². The van der Waals surface area contributed by atoms with E-state index in [0.29, 0.717) is 13.0 Å². The summed E-state index contributed by atoms with van der Waals surface area (Å²) >= 11 is 0. The molecule has 1 aromatic carbocycles. The Balaban J connectivity index is 2.19. The van der Waals surface area contributed by atoms with E-state index in [1.807, 2.05) is 12.1 Å². The summed E-state index contributed by atoms with van der Waals surface area (Å²) in [5.74, 6) is 0.722. The fourth-order valence-corrected chi connectivity index (χ4v) is 4.88. The molecule has 5 nitrogen and oxygen atoms in total. The van der Waals surface area contributed by atoms with Crippen molar-refractivity contribution in [3.63, 3.8) is 0 Å². The van der Waals surface area contributed by atoms with Crippen LogP contribution in [0.4, 0.5) is 0 Å². The van der Waals surface area contributed by atoms with E-state index in [0.717, 1.165) is 11.3 Å². The first-order valence-corrected chi connectivity index (χ1v) is 8.72. The molecule has 1 aromatic rings. The van der Waals surface area contributed by atoms with Gasteiger partial charge in [0, 0.05) is 12.6 Å². The highest BCUT2D eigenvalue weighted by Gasteiger charge is 2.41. The first-order valence-electron chi connectivity index (χ1n) is 7.11. The van der Waals surface area contributed by atoms with Gasteiger partial charge in [0.1, 0.15) is 5.75 Å². The van der Waals surface area contributed by atoms with E-state index in [4.69, 9.17) is 15.2 Å². The Hall–Kier alpha value is -1.11. The van der Waals surface area contributed by atoms with Crippen LogP contribution in [0.25, 0.3) is 0 Å². The molecule has 0 aliphatic carbocycles. The summed E-state index contributed by atoms with van der Waals surface area (Å²) in [6, 6.07) is 6.63. The van der Waals surface area contributed by atoms with Crippen LogP contribution in [-0.4, -0.2) is 38.7 Å². The van der Waals surface area contributed by atoms with Crippen molar-refractivity contribution in [3.8, 4) is 5.75 Å². The molecule has 2 rings (SSSR count). The van der Waals surface area contributed by atoms with Gasteiger partial charge >= 0.3 is 0 Å². The van der Waals surface area contributed by atoms with Crippen molar-refractivity contribution in [2.24, 2.45) is 5.73 Å². The van der Waals surface area contributed by atoms with Gasteiger partial charge in [0.15, 0.2) is 9.84 Å². The summed E-state index contributed by atoms with van der Waals surface area (Å²) in [5.41, 5.74) is 6.96. The lowest BCUT2D eigenvalue weighted by Gasteiger charge is -2.25. The minimum Gasteiger partial charge on any atom is -0.497 e. The fourth-order valence-electron chi connectivity index (χ4n) is 2.72. The summed E-state index contributed by atoms with van der Waals surface area (Å²) < 4.78 is 35.9. The minimum absolute atomic E-state index is 0.263. The van der Waals surface area contributed by atoms with Crippen LogP contribution in [0, 0.1) is 0 Å². The number of hydrogen-bond donors (Lipinski definition) is 1. The zero-order valence-electron chi connectivity index (χ0n) is 12.7. The van der Waals surface area contributed by atoms with E-state index in [1.54, 1.807) is 33.1 Å². The van der Waals surface area contributed by atoms with Gasteiger partial charge in [0.25, 0.3) is 0 Å². The van der Waals surface area contributed by atoms with Crippen LogP contribution in [0.1, 0.15) is 31.9 Å². The monoisotopic (exact) mass is 313 g/mol. The predicted octanol–water partition coefficient (Wildman–Crippen LogP) is 1.68. The van der Waals surface area contributed by atoms with Crippen molar-refractivity contribution >= 4 is 9.84 Å².